The number of aromatic nitrogens is 3. The molecule has 0 aliphatic carbocycles. The lowest BCUT2D eigenvalue weighted by molar-refractivity contribution is -0.115. The highest BCUT2D eigenvalue weighted by molar-refractivity contribution is 8.00. The van der Waals surface area contributed by atoms with Crippen LogP contribution in [0.25, 0.3) is 0 Å². The zero-order valence-corrected chi connectivity index (χ0v) is 14.3. The average Bonchev–Trinajstić information content (AvgIpc) is 3.00. The van der Waals surface area contributed by atoms with E-state index >= 15 is 0 Å². The Morgan fingerprint density at radius 3 is 2.46 bits per heavy atom. The number of nitrogens with zero attached hydrogens (tertiary/aromatic N) is 3. The normalized spacial score (nSPS) is 11.9. The van der Waals surface area contributed by atoms with Crippen LogP contribution in [0.2, 0.25) is 0 Å². The third-order valence-corrected chi connectivity index (χ3v) is 4.86. The number of nitrogens with one attached hydrogen (secondary N) is 1. The number of aryl methyl sites for hydroxylation is 2. The molecule has 0 radical (unpaired) electrons. The first-order chi connectivity index (χ1) is 11.6. The molecule has 0 bridgehead atoms. The molecule has 6 heteroatoms. The number of benzene rings is 2. The van der Waals surface area contributed by atoms with Gasteiger partial charge in [0.25, 0.3) is 0 Å². The molecule has 0 saturated heterocycles. The van der Waals surface area contributed by atoms with Gasteiger partial charge in [-0.25, -0.2) is 0 Å². The quantitative estimate of drug-likeness (QED) is 0.722. The summed E-state index contributed by atoms with van der Waals surface area (Å²) < 4.78 is 1.81. The van der Waals surface area contributed by atoms with Crippen molar-refractivity contribution >= 4 is 23.4 Å². The van der Waals surface area contributed by atoms with Gasteiger partial charge in [-0.3, -0.25) is 4.79 Å². The Bertz CT molecular complexity index is 815. The van der Waals surface area contributed by atoms with Crippen molar-refractivity contribution in [2.75, 3.05) is 5.32 Å². The largest absolute Gasteiger partial charge is 0.325 e. The Morgan fingerprint density at radius 1 is 1.12 bits per heavy atom. The fraction of sp³-hybridized carbons (Fsp3) is 0.167. The van der Waals surface area contributed by atoms with E-state index in [9.17, 15) is 4.79 Å². The zero-order chi connectivity index (χ0) is 16.9. The molecule has 0 unspecified atom stereocenters. The van der Waals surface area contributed by atoms with E-state index in [1.165, 1.54) is 11.8 Å². The van der Waals surface area contributed by atoms with Gasteiger partial charge in [-0.05, 0) is 24.6 Å². The molecule has 0 aliphatic rings. The van der Waals surface area contributed by atoms with Crippen LogP contribution >= 0.6 is 11.8 Å². The summed E-state index contributed by atoms with van der Waals surface area (Å²) in [5, 5.41) is 11.2. The smallest absolute Gasteiger partial charge is 0.242 e. The molecular formula is C18H18N4OS. The summed E-state index contributed by atoms with van der Waals surface area (Å²) in [6.07, 6.45) is 1.63. The van der Waals surface area contributed by atoms with E-state index in [1.807, 2.05) is 68.6 Å². The van der Waals surface area contributed by atoms with Crippen LogP contribution < -0.4 is 5.32 Å². The van der Waals surface area contributed by atoms with Crippen LogP contribution in [0.15, 0.2) is 66.1 Å². The fourth-order valence-corrected chi connectivity index (χ4v) is 3.21. The monoisotopic (exact) mass is 338 g/mol. The molecule has 0 spiro atoms. The molecule has 1 aromatic heterocycles. The molecule has 3 aromatic rings. The van der Waals surface area contributed by atoms with Crippen molar-refractivity contribution < 1.29 is 4.79 Å². The van der Waals surface area contributed by atoms with E-state index in [2.05, 4.69) is 15.5 Å². The number of anilines is 1. The molecule has 2 aromatic carbocycles. The van der Waals surface area contributed by atoms with Crippen molar-refractivity contribution in [1.29, 1.82) is 0 Å². The van der Waals surface area contributed by atoms with E-state index in [0.29, 0.717) is 5.16 Å². The lowest BCUT2D eigenvalue weighted by Gasteiger charge is -2.16. The summed E-state index contributed by atoms with van der Waals surface area (Å²) >= 11 is 1.38. The second kappa shape index (κ2) is 7.31. The van der Waals surface area contributed by atoms with E-state index in [-0.39, 0.29) is 5.91 Å². The first kappa shape index (κ1) is 16.3. The van der Waals surface area contributed by atoms with Crippen LogP contribution in [0.3, 0.4) is 0 Å². The lowest BCUT2D eigenvalue weighted by Crippen LogP contribution is -2.19. The van der Waals surface area contributed by atoms with Gasteiger partial charge >= 0.3 is 0 Å². The summed E-state index contributed by atoms with van der Waals surface area (Å²) in [6, 6.07) is 17.4. The van der Waals surface area contributed by atoms with Crippen LogP contribution in [0.1, 0.15) is 16.4 Å². The van der Waals surface area contributed by atoms with Crippen LogP contribution in [-0.2, 0) is 11.8 Å². The third kappa shape index (κ3) is 3.83. The number of hydrogen-bond donors (Lipinski definition) is 1. The minimum Gasteiger partial charge on any atom is -0.325 e. The van der Waals surface area contributed by atoms with E-state index in [1.54, 1.807) is 10.9 Å². The maximum atomic E-state index is 12.8. The Kier molecular flexibility index (Phi) is 4.96. The Hall–Kier alpha value is -2.60. The van der Waals surface area contributed by atoms with E-state index in [4.69, 9.17) is 0 Å². The Morgan fingerprint density at radius 2 is 1.83 bits per heavy atom. The summed E-state index contributed by atoms with van der Waals surface area (Å²) in [5.41, 5.74) is 2.86. The number of amides is 1. The molecule has 0 saturated carbocycles. The predicted molar refractivity (Wildman–Crippen MR) is 95.9 cm³/mol. The van der Waals surface area contributed by atoms with Gasteiger partial charge in [-0.2, -0.15) is 0 Å². The molecule has 24 heavy (non-hydrogen) atoms. The number of thioether (sulfide) groups is 1. The number of carbonyl (C=O) groups is 1. The first-order valence-electron chi connectivity index (χ1n) is 7.56. The van der Waals surface area contributed by atoms with Crippen molar-refractivity contribution in [1.82, 2.24) is 14.8 Å². The maximum absolute atomic E-state index is 12.8. The molecule has 0 fully saturated rings. The van der Waals surface area contributed by atoms with Gasteiger partial charge in [0.05, 0.1) is 0 Å². The topological polar surface area (TPSA) is 59.8 Å². The average molecular weight is 338 g/mol. The molecule has 122 valence electrons. The minimum absolute atomic E-state index is 0.0851. The highest BCUT2D eigenvalue weighted by Gasteiger charge is 2.24. The second-order valence-electron chi connectivity index (χ2n) is 5.49. The predicted octanol–water partition coefficient (Wildman–Crippen LogP) is 3.60. The number of hydrogen-bond acceptors (Lipinski definition) is 4. The number of carbonyl (C=O) groups excluding carboxylic acids is 1. The molecule has 0 aliphatic heterocycles. The summed E-state index contributed by atoms with van der Waals surface area (Å²) in [7, 11) is 1.86. The van der Waals surface area contributed by atoms with Crippen molar-refractivity contribution in [3.8, 4) is 0 Å². The highest BCUT2D eigenvalue weighted by Crippen LogP contribution is 2.34. The van der Waals surface area contributed by atoms with Gasteiger partial charge in [-0.1, -0.05) is 59.8 Å². The maximum Gasteiger partial charge on any atom is 0.242 e. The van der Waals surface area contributed by atoms with E-state index in [0.717, 1.165) is 16.8 Å². The van der Waals surface area contributed by atoms with Crippen molar-refractivity contribution in [2.24, 2.45) is 7.05 Å². The summed E-state index contributed by atoms with van der Waals surface area (Å²) in [5.74, 6) is -0.0851. The molecule has 1 atom stereocenters. The van der Waals surface area contributed by atoms with Crippen LogP contribution in [0.4, 0.5) is 5.69 Å². The summed E-state index contributed by atoms with van der Waals surface area (Å²) in [4.78, 5) is 12.8. The standard InChI is InChI=1S/C18H18N4OS/c1-13-8-10-15(11-9-13)20-17(23)16(14-6-4-3-5-7-14)24-18-21-19-12-22(18)2/h3-12,16H,1-2H3,(H,20,23)/t16-/m0/s1. The lowest BCUT2D eigenvalue weighted by atomic mass is 10.1. The van der Waals surface area contributed by atoms with Gasteiger partial charge in [0.15, 0.2) is 5.16 Å². The van der Waals surface area contributed by atoms with Crippen LogP contribution in [0.5, 0.6) is 0 Å². The first-order valence-corrected chi connectivity index (χ1v) is 8.44. The Labute approximate surface area is 145 Å². The second-order valence-corrected chi connectivity index (χ2v) is 6.56. The molecule has 3 rings (SSSR count). The molecule has 1 amide bonds. The van der Waals surface area contributed by atoms with Crippen molar-refractivity contribution in [3.63, 3.8) is 0 Å². The van der Waals surface area contributed by atoms with Gasteiger partial charge in [-0.15, -0.1) is 10.2 Å². The van der Waals surface area contributed by atoms with Gasteiger partial charge in [0.2, 0.25) is 5.91 Å². The third-order valence-electron chi connectivity index (χ3n) is 3.55. The molecule has 1 N–H and O–H groups in total. The molecule has 1 heterocycles. The Balaban J connectivity index is 1.85. The number of rotatable bonds is 5. The summed E-state index contributed by atoms with van der Waals surface area (Å²) in [6.45, 7) is 2.02. The van der Waals surface area contributed by atoms with Gasteiger partial charge in [0, 0.05) is 12.7 Å². The molecular weight excluding hydrogens is 320 g/mol. The highest BCUT2D eigenvalue weighted by atomic mass is 32.2. The SMILES string of the molecule is Cc1ccc(NC(=O)[C@@H](Sc2nncn2C)c2ccccc2)cc1. The van der Waals surface area contributed by atoms with Gasteiger partial charge in [0.1, 0.15) is 11.6 Å². The molecule has 5 nitrogen and oxygen atoms in total. The van der Waals surface area contributed by atoms with Crippen LogP contribution in [-0.4, -0.2) is 20.7 Å². The van der Waals surface area contributed by atoms with Crippen molar-refractivity contribution in [2.45, 2.75) is 17.3 Å². The fourth-order valence-electron chi connectivity index (χ4n) is 2.23. The minimum atomic E-state index is -0.407. The van der Waals surface area contributed by atoms with Gasteiger partial charge < -0.3 is 9.88 Å². The zero-order valence-electron chi connectivity index (χ0n) is 13.5. The van der Waals surface area contributed by atoms with Crippen LogP contribution in [0, 0.1) is 6.92 Å². The van der Waals surface area contributed by atoms with E-state index < -0.39 is 5.25 Å². The van der Waals surface area contributed by atoms with Crippen molar-refractivity contribution in [3.05, 3.63) is 72.1 Å².